The van der Waals surface area contributed by atoms with Gasteiger partial charge in [-0.3, -0.25) is 0 Å². The van der Waals surface area contributed by atoms with Crippen LogP contribution in [0.2, 0.25) is 0 Å². The molecule has 18 heavy (non-hydrogen) atoms. The summed E-state index contributed by atoms with van der Waals surface area (Å²) in [6, 6.07) is 4.85. The molecule has 0 radical (unpaired) electrons. The molecule has 1 atom stereocenters. The zero-order valence-corrected chi connectivity index (χ0v) is 10.7. The highest BCUT2D eigenvalue weighted by Gasteiger charge is 2.12. The Morgan fingerprint density at radius 3 is 2.72 bits per heavy atom. The SMILES string of the molecule is COCCOCC(O)Cc1cccc(OC)c1F. The Kier molecular flexibility index (Phi) is 6.64. The number of rotatable bonds is 8. The second-order valence-electron chi connectivity index (χ2n) is 3.86. The van der Waals surface area contributed by atoms with Gasteiger partial charge in [0.1, 0.15) is 0 Å². The van der Waals surface area contributed by atoms with Crippen molar-refractivity contribution < 1.29 is 23.7 Å². The van der Waals surface area contributed by atoms with Gasteiger partial charge >= 0.3 is 0 Å². The topological polar surface area (TPSA) is 47.9 Å². The van der Waals surface area contributed by atoms with Crippen LogP contribution in [-0.4, -0.2) is 45.3 Å². The van der Waals surface area contributed by atoms with Gasteiger partial charge in [-0.15, -0.1) is 0 Å². The Morgan fingerprint density at radius 2 is 2.06 bits per heavy atom. The molecule has 0 saturated carbocycles. The van der Waals surface area contributed by atoms with Crippen LogP contribution in [0.1, 0.15) is 5.56 Å². The van der Waals surface area contributed by atoms with Crippen molar-refractivity contribution >= 4 is 0 Å². The van der Waals surface area contributed by atoms with E-state index >= 15 is 0 Å². The van der Waals surface area contributed by atoms with Gasteiger partial charge in [-0.2, -0.15) is 0 Å². The normalized spacial score (nSPS) is 12.4. The summed E-state index contributed by atoms with van der Waals surface area (Å²) in [6.45, 7) is 1.04. The first kappa shape index (κ1) is 14.9. The molecule has 5 heteroatoms. The van der Waals surface area contributed by atoms with Crippen molar-refractivity contribution in [1.29, 1.82) is 0 Å². The monoisotopic (exact) mass is 258 g/mol. The van der Waals surface area contributed by atoms with Gasteiger partial charge < -0.3 is 19.3 Å². The molecule has 1 aromatic carbocycles. The first-order chi connectivity index (χ1) is 8.69. The van der Waals surface area contributed by atoms with Crippen LogP contribution in [-0.2, 0) is 15.9 Å². The van der Waals surface area contributed by atoms with Crippen molar-refractivity contribution in [3.63, 3.8) is 0 Å². The minimum absolute atomic E-state index is 0.153. The quantitative estimate of drug-likeness (QED) is 0.716. The van der Waals surface area contributed by atoms with Gasteiger partial charge in [0.25, 0.3) is 0 Å². The van der Waals surface area contributed by atoms with Crippen LogP contribution in [0, 0.1) is 5.82 Å². The third kappa shape index (κ3) is 4.60. The molecule has 0 bridgehead atoms. The van der Waals surface area contributed by atoms with Gasteiger partial charge in [-0.1, -0.05) is 12.1 Å². The zero-order valence-electron chi connectivity index (χ0n) is 10.7. The van der Waals surface area contributed by atoms with Crippen molar-refractivity contribution in [2.75, 3.05) is 34.0 Å². The van der Waals surface area contributed by atoms with E-state index in [1.807, 2.05) is 0 Å². The lowest BCUT2D eigenvalue weighted by molar-refractivity contribution is 0.0134. The van der Waals surface area contributed by atoms with E-state index in [0.29, 0.717) is 18.8 Å². The van der Waals surface area contributed by atoms with Crippen molar-refractivity contribution in [3.05, 3.63) is 29.6 Å². The molecule has 0 aliphatic carbocycles. The molecule has 0 aliphatic heterocycles. The fourth-order valence-corrected chi connectivity index (χ4v) is 1.55. The summed E-state index contributed by atoms with van der Waals surface area (Å²) in [5.41, 5.74) is 0.414. The summed E-state index contributed by atoms with van der Waals surface area (Å²) in [5.74, 6) is -0.254. The highest BCUT2D eigenvalue weighted by molar-refractivity contribution is 5.31. The Balaban J connectivity index is 2.46. The number of aliphatic hydroxyl groups excluding tert-OH is 1. The third-order valence-electron chi connectivity index (χ3n) is 2.46. The second-order valence-corrected chi connectivity index (χ2v) is 3.86. The third-order valence-corrected chi connectivity index (χ3v) is 2.46. The Bertz CT molecular complexity index is 357. The van der Waals surface area contributed by atoms with Crippen molar-refractivity contribution in [2.24, 2.45) is 0 Å². The number of methoxy groups -OCH3 is 2. The van der Waals surface area contributed by atoms with Gasteiger partial charge in [-0.25, -0.2) is 4.39 Å². The summed E-state index contributed by atoms with van der Waals surface area (Å²) < 4.78 is 28.6. The average molecular weight is 258 g/mol. The van der Waals surface area contributed by atoms with Gasteiger partial charge in [0.2, 0.25) is 0 Å². The van der Waals surface area contributed by atoms with E-state index in [1.165, 1.54) is 7.11 Å². The molecule has 102 valence electrons. The number of hydrogen-bond donors (Lipinski definition) is 1. The molecule has 0 aliphatic rings. The Hall–Kier alpha value is -1.17. The minimum atomic E-state index is -0.747. The standard InChI is InChI=1S/C13H19FO4/c1-16-6-7-18-9-11(15)8-10-4-3-5-12(17-2)13(10)14/h3-5,11,15H,6-9H2,1-2H3. The lowest BCUT2D eigenvalue weighted by atomic mass is 10.1. The van der Waals surface area contributed by atoms with Crippen molar-refractivity contribution in [2.45, 2.75) is 12.5 Å². The van der Waals surface area contributed by atoms with E-state index < -0.39 is 11.9 Å². The summed E-state index contributed by atoms with van der Waals surface area (Å²) in [7, 11) is 2.98. The highest BCUT2D eigenvalue weighted by atomic mass is 19.1. The number of ether oxygens (including phenoxy) is 3. The Labute approximate surface area is 106 Å². The van der Waals surface area contributed by atoms with E-state index in [-0.39, 0.29) is 18.8 Å². The van der Waals surface area contributed by atoms with Gasteiger partial charge in [0.05, 0.1) is 33.0 Å². The van der Waals surface area contributed by atoms with E-state index in [2.05, 4.69) is 0 Å². The molecule has 1 unspecified atom stereocenters. The smallest absolute Gasteiger partial charge is 0.168 e. The van der Waals surface area contributed by atoms with Crippen LogP contribution in [0.4, 0.5) is 4.39 Å². The summed E-state index contributed by atoms with van der Waals surface area (Å²) in [4.78, 5) is 0. The molecule has 4 nitrogen and oxygen atoms in total. The van der Waals surface area contributed by atoms with Crippen LogP contribution >= 0.6 is 0 Å². The van der Waals surface area contributed by atoms with Crippen molar-refractivity contribution in [3.8, 4) is 5.75 Å². The van der Waals surface area contributed by atoms with E-state index in [0.717, 1.165) is 0 Å². The zero-order chi connectivity index (χ0) is 13.4. The first-order valence-corrected chi connectivity index (χ1v) is 5.75. The molecule has 1 aromatic rings. The molecule has 0 saturated heterocycles. The fourth-order valence-electron chi connectivity index (χ4n) is 1.55. The summed E-state index contributed by atoms with van der Waals surface area (Å²) in [6.07, 6.45) is -0.556. The maximum Gasteiger partial charge on any atom is 0.168 e. The maximum absolute atomic E-state index is 13.8. The summed E-state index contributed by atoms with van der Waals surface area (Å²) in [5, 5.41) is 9.72. The predicted molar refractivity (Wildman–Crippen MR) is 65.4 cm³/mol. The molecule has 0 amide bonds. The number of halogens is 1. The molecule has 0 fully saturated rings. The minimum Gasteiger partial charge on any atom is -0.494 e. The lowest BCUT2D eigenvalue weighted by Gasteiger charge is -2.13. The van der Waals surface area contributed by atoms with E-state index in [4.69, 9.17) is 14.2 Å². The van der Waals surface area contributed by atoms with Gasteiger partial charge in [0, 0.05) is 13.5 Å². The number of aliphatic hydroxyl groups is 1. The molecule has 0 heterocycles. The predicted octanol–water partition coefficient (Wildman–Crippen LogP) is 1.40. The largest absolute Gasteiger partial charge is 0.494 e. The van der Waals surface area contributed by atoms with Crippen LogP contribution in [0.5, 0.6) is 5.75 Å². The first-order valence-electron chi connectivity index (χ1n) is 5.75. The lowest BCUT2D eigenvalue weighted by Crippen LogP contribution is -2.20. The molecule has 0 aromatic heterocycles. The maximum atomic E-state index is 13.8. The van der Waals surface area contributed by atoms with Crippen LogP contribution < -0.4 is 4.74 Å². The van der Waals surface area contributed by atoms with Gasteiger partial charge in [-0.05, 0) is 11.6 Å². The molecular formula is C13H19FO4. The van der Waals surface area contributed by atoms with Crippen LogP contribution in [0.3, 0.4) is 0 Å². The van der Waals surface area contributed by atoms with Gasteiger partial charge in [0.15, 0.2) is 11.6 Å². The fraction of sp³-hybridized carbons (Fsp3) is 0.538. The Morgan fingerprint density at radius 1 is 1.28 bits per heavy atom. The van der Waals surface area contributed by atoms with E-state index in [1.54, 1.807) is 25.3 Å². The average Bonchev–Trinajstić information content (AvgIpc) is 2.37. The highest BCUT2D eigenvalue weighted by Crippen LogP contribution is 2.21. The molecule has 1 N–H and O–H groups in total. The number of hydrogen-bond acceptors (Lipinski definition) is 4. The molecule has 0 spiro atoms. The van der Waals surface area contributed by atoms with Crippen LogP contribution in [0.25, 0.3) is 0 Å². The number of benzene rings is 1. The van der Waals surface area contributed by atoms with E-state index in [9.17, 15) is 9.50 Å². The summed E-state index contributed by atoms with van der Waals surface area (Å²) >= 11 is 0. The molecule has 1 rings (SSSR count). The molecular weight excluding hydrogens is 239 g/mol. The van der Waals surface area contributed by atoms with Crippen LogP contribution in [0.15, 0.2) is 18.2 Å². The second kappa shape index (κ2) is 8.02. The van der Waals surface area contributed by atoms with Crippen molar-refractivity contribution in [1.82, 2.24) is 0 Å².